The van der Waals surface area contributed by atoms with E-state index >= 15 is 0 Å². The van der Waals surface area contributed by atoms with E-state index in [-0.39, 0.29) is 17.2 Å². The van der Waals surface area contributed by atoms with E-state index < -0.39 is 0 Å². The number of piperazine rings is 1. The van der Waals surface area contributed by atoms with Crippen molar-refractivity contribution in [3.05, 3.63) is 75.7 Å². The third kappa shape index (κ3) is 4.42. The van der Waals surface area contributed by atoms with Crippen molar-refractivity contribution in [2.75, 3.05) is 33.2 Å². The van der Waals surface area contributed by atoms with Crippen LogP contribution in [-0.2, 0) is 20.1 Å². The summed E-state index contributed by atoms with van der Waals surface area (Å²) in [4.78, 5) is 29.9. The molecule has 4 rings (SSSR count). The molecule has 1 aliphatic rings. The third-order valence-corrected chi connectivity index (χ3v) is 5.62. The molecule has 1 aliphatic heterocycles. The van der Waals surface area contributed by atoms with Gasteiger partial charge in [0.05, 0.1) is 5.39 Å². The van der Waals surface area contributed by atoms with Crippen LogP contribution < -0.4 is 10.9 Å². The van der Waals surface area contributed by atoms with Crippen molar-refractivity contribution < 1.29 is 4.79 Å². The van der Waals surface area contributed by atoms with Gasteiger partial charge in [-0.1, -0.05) is 42.5 Å². The van der Waals surface area contributed by atoms with Crippen molar-refractivity contribution in [3.63, 3.8) is 0 Å². The Bertz CT molecular complexity index is 1120. The van der Waals surface area contributed by atoms with Crippen molar-refractivity contribution in [3.8, 4) is 0 Å². The molecule has 1 amide bonds. The fourth-order valence-corrected chi connectivity index (χ4v) is 3.84. The number of hydrogen-bond donors (Lipinski definition) is 1. The molecule has 7 heteroatoms. The smallest absolute Gasteiger partial charge is 0.274 e. The van der Waals surface area contributed by atoms with Gasteiger partial charge in [-0.15, -0.1) is 0 Å². The number of nitrogens with one attached hydrogen (secondary N) is 1. The zero-order valence-electron chi connectivity index (χ0n) is 17.5. The lowest BCUT2D eigenvalue weighted by atomic mass is 10.1. The molecule has 3 aromatic rings. The van der Waals surface area contributed by atoms with Crippen molar-refractivity contribution in [1.82, 2.24) is 24.9 Å². The zero-order chi connectivity index (χ0) is 21.1. The van der Waals surface area contributed by atoms with Gasteiger partial charge in [0.15, 0.2) is 5.69 Å². The van der Waals surface area contributed by atoms with Crippen LogP contribution in [0.15, 0.2) is 53.3 Å². The molecule has 0 aliphatic carbocycles. The molecule has 30 heavy (non-hydrogen) atoms. The van der Waals surface area contributed by atoms with Gasteiger partial charge in [-0.25, -0.2) is 4.68 Å². The minimum absolute atomic E-state index is 0.209. The predicted octanol–water partition coefficient (Wildman–Crippen LogP) is 1.61. The fourth-order valence-electron chi connectivity index (χ4n) is 3.84. The number of nitrogens with zero attached hydrogens (tertiary/aromatic N) is 4. The first-order valence-electron chi connectivity index (χ1n) is 10.2. The first kappa shape index (κ1) is 20.3. The number of likely N-dealkylation sites (N-methyl/N-ethyl adjacent to an activating group) is 1. The first-order chi connectivity index (χ1) is 14.5. The van der Waals surface area contributed by atoms with Gasteiger partial charge in [-0.2, -0.15) is 5.10 Å². The molecule has 0 spiro atoms. The lowest BCUT2D eigenvalue weighted by Gasteiger charge is -2.32. The molecule has 0 unspecified atom stereocenters. The Balaban J connectivity index is 1.45. The maximum Gasteiger partial charge on any atom is 0.274 e. The third-order valence-electron chi connectivity index (χ3n) is 5.62. The average Bonchev–Trinajstić information content (AvgIpc) is 2.76. The van der Waals surface area contributed by atoms with Gasteiger partial charge >= 0.3 is 0 Å². The first-order valence-corrected chi connectivity index (χ1v) is 10.2. The minimum atomic E-state index is -0.286. The second-order valence-corrected chi connectivity index (χ2v) is 7.91. The van der Waals surface area contributed by atoms with Crippen LogP contribution in [0, 0.1) is 0 Å². The largest absolute Gasteiger partial charge is 0.347 e. The van der Waals surface area contributed by atoms with E-state index in [9.17, 15) is 9.59 Å². The summed E-state index contributed by atoms with van der Waals surface area (Å²) in [6.45, 7) is 5.66. The van der Waals surface area contributed by atoms with E-state index in [0.29, 0.717) is 17.3 Å². The SMILES string of the molecule is CN1CCN(Cc2cccc(CNC(=O)c3nn(C)c(=O)c4ccccc34)c2)CC1. The maximum absolute atomic E-state index is 12.8. The van der Waals surface area contributed by atoms with Crippen LogP contribution in [-0.4, -0.2) is 58.7 Å². The highest BCUT2D eigenvalue weighted by Crippen LogP contribution is 2.14. The quantitative estimate of drug-likeness (QED) is 0.698. The highest BCUT2D eigenvalue weighted by atomic mass is 16.2. The molecule has 1 aromatic heterocycles. The highest BCUT2D eigenvalue weighted by molar-refractivity contribution is 6.04. The second kappa shape index (κ2) is 8.77. The molecule has 1 saturated heterocycles. The Hall–Kier alpha value is -3.03. The van der Waals surface area contributed by atoms with Crippen molar-refractivity contribution >= 4 is 16.7 Å². The number of fused-ring (bicyclic) bond motifs is 1. The van der Waals surface area contributed by atoms with Crippen LogP contribution in [0.2, 0.25) is 0 Å². The lowest BCUT2D eigenvalue weighted by Crippen LogP contribution is -2.43. The Morgan fingerprint density at radius 1 is 0.967 bits per heavy atom. The summed E-state index contributed by atoms with van der Waals surface area (Å²) in [5.41, 5.74) is 2.35. The summed E-state index contributed by atoms with van der Waals surface area (Å²) in [6, 6.07) is 15.4. The van der Waals surface area contributed by atoms with Crippen LogP contribution in [0.5, 0.6) is 0 Å². The van der Waals surface area contributed by atoms with E-state index in [1.165, 1.54) is 10.2 Å². The number of rotatable bonds is 5. The van der Waals surface area contributed by atoms with Crippen molar-refractivity contribution in [2.45, 2.75) is 13.1 Å². The minimum Gasteiger partial charge on any atom is -0.347 e. The van der Waals surface area contributed by atoms with Crippen LogP contribution >= 0.6 is 0 Å². The number of aromatic nitrogens is 2. The van der Waals surface area contributed by atoms with Crippen LogP contribution in [0.1, 0.15) is 21.6 Å². The Morgan fingerprint density at radius 3 is 2.43 bits per heavy atom. The van der Waals surface area contributed by atoms with Crippen molar-refractivity contribution in [1.29, 1.82) is 0 Å². The summed E-state index contributed by atoms with van der Waals surface area (Å²) in [6.07, 6.45) is 0. The van der Waals surface area contributed by atoms with Gasteiger partial charge in [0.25, 0.3) is 11.5 Å². The number of amides is 1. The Labute approximate surface area is 175 Å². The van der Waals surface area contributed by atoms with Gasteiger partial charge in [-0.3, -0.25) is 14.5 Å². The molecule has 0 radical (unpaired) electrons. The molecular formula is C23H27N5O2. The normalized spacial score (nSPS) is 15.4. The highest BCUT2D eigenvalue weighted by Gasteiger charge is 2.16. The lowest BCUT2D eigenvalue weighted by molar-refractivity contribution is 0.0945. The van der Waals surface area contributed by atoms with Gasteiger partial charge in [0.1, 0.15) is 0 Å². The van der Waals surface area contributed by atoms with Crippen molar-refractivity contribution in [2.24, 2.45) is 7.05 Å². The Kier molecular flexibility index (Phi) is 5.92. The molecule has 156 valence electrons. The van der Waals surface area contributed by atoms with E-state index in [4.69, 9.17) is 0 Å². The van der Waals surface area contributed by atoms with Gasteiger partial charge < -0.3 is 10.2 Å². The summed E-state index contributed by atoms with van der Waals surface area (Å²) in [5, 5.41) is 8.22. The van der Waals surface area contributed by atoms with E-state index in [0.717, 1.165) is 38.3 Å². The summed E-state index contributed by atoms with van der Waals surface area (Å²) >= 11 is 0. The van der Waals surface area contributed by atoms with Crippen LogP contribution in [0.4, 0.5) is 0 Å². The summed E-state index contributed by atoms with van der Waals surface area (Å²) in [5.74, 6) is -0.286. The van der Waals surface area contributed by atoms with E-state index in [1.54, 1.807) is 25.2 Å². The molecule has 7 nitrogen and oxygen atoms in total. The standard InChI is InChI=1S/C23H27N5O2/c1-26-10-12-28(13-11-26)16-18-7-5-6-17(14-18)15-24-22(29)21-19-8-3-4-9-20(19)23(30)27(2)25-21/h3-9,14H,10-13,15-16H2,1-2H3,(H,24,29). The zero-order valence-corrected chi connectivity index (χ0v) is 17.5. The number of benzene rings is 2. The van der Waals surface area contributed by atoms with Gasteiger partial charge in [0.2, 0.25) is 0 Å². The van der Waals surface area contributed by atoms with E-state index in [2.05, 4.69) is 39.4 Å². The summed E-state index contributed by atoms with van der Waals surface area (Å²) < 4.78 is 1.22. The molecule has 1 N–H and O–H groups in total. The number of carbonyl (C=O) groups is 1. The van der Waals surface area contributed by atoms with Gasteiger partial charge in [-0.05, 0) is 24.2 Å². The molecule has 0 saturated carbocycles. The average molecular weight is 406 g/mol. The molecule has 0 bridgehead atoms. The van der Waals surface area contributed by atoms with E-state index in [1.807, 2.05) is 18.2 Å². The molecular weight excluding hydrogens is 378 g/mol. The number of carbonyl (C=O) groups excluding carboxylic acids is 1. The fraction of sp³-hybridized carbons (Fsp3) is 0.348. The van der Waals surface area contributed by atoms with Crippen LogP contribution in [0.25, 0.3) is 10.8 Å². The van der Waals surface area contributed by atoms with Gasteiger partial charge in [0, 0.05) is 51.7 Å². The maximum atomic E-state index is 12.8. The summed E-state index contributed by atoms with van der Waals surface area (Å²) in [7, 11) is 3.72. The predicted molar refractivity (Wildman–Crippen MR) is 117 cm³/mol. The second-order valence-electron chi connectivity index (χ2n) is 7.91. The Morgan fingerprint density at radius 2 is 1.67 bits per heavy atom. The molecule has 2 heterocycles. The molecule has 2 aromatic carbocycles. The number of aryl methyl sites for hydroxylation is 1. The molecule has 1 fully saturated rings. The molecule has 0 atom stereocenters. The topological polar surface area (TPSA) is 70.5 Å². The monoisotopic (exact) mass is 405 g/mol. The number of hydrogen-bond acceptors (Lipinski definition) is 5. The van der Waals surface area contributed by atoms with Crippen LogP contribution in [0.3, 0.4) is 0 Å².